The first-order valence-corrected chi connectivity index (χ1v) is 4.60. The van der Waals surface area contributed by atoms with Crippen LogP contribution in [-0.4, -0.2) is 91.7 Å². The van der Waals surface area contributed by atoms with Gasteiger partial charge in [0, 0.05) is 0 Å². The van der Waals surface area contributed by atoms with Gasteiger partial charge in [-0.25, -0.2) is 0 Å². The van der Waals surface area contributed by atoms with Crippen molar-refractivity contribution in [2.45, 2.75) is 24.4 Å². The fourth-order valence-electron chi connectivity index (χ4n) is 0.487. The molecule has 8 heteroatoms. The highest BCUT2D eigenvalue weighted by Crippen LogP contribution is 1.89. The SMILES string of the molecule is OC[C@@H](O)[C@@H](O)CO.OC[C@@H](O)[C@@H](O)CO. The Morgan fingerprint density at radius 3 is 0.625 bits per heavy atom. The van der Waals surface area contributed by atoms with Crippen LogP contribution in [0.25, 0.3) is 0 Å². The van der Waals surface area contributed by atoms with Crippen LogP contribution in [0.4, 0.5) is 0 Å². The minimum absolute atomic E-state index is 0.526. The molecule has 0 aliphatic heterocycles. The van der Waals surface area contributed by atoms with Crippen LogP contribution in [-0.2, 0) is 0 Å². The van der Waals surface area contributed by atoms with Crippen molar-refractivity contribution in [2.75, 3.05) is 26.4 Å². The van der Waals surface area contributed by atoms with Gasteiger partial charge in [0.05, 0.1) is 26.4 Å². The van der Waals surface area contributed by atoms with Crippen molar-refractivity contribution >= 4 is 0 Å². The molecule has 0 saturated heterocycles. The van der Waals surface area contributed by atoms with Gasteiger partial charge in [-0.2, -0.15) is 0 Å². The van der Waals surface area contributed by atoms with E-state index in [9.17, 15) is 0 Å². The third-order valence-corrected chi connectivity index (χ3v) is 1.64. The van der Waals surface area contributed by atoms with Gasteiger partial charge in [0.15, 0.2) is 0 Å². The van der Waals surface area contributed by atoms with Crippen LogP contribution in [0.3, 0.4) is 0 Å². The highest BCUT2D eigenvalue weighted by molar-refractivity contribution is 4.63. The Bertz CT molecular complexity index is 112. The Labute approximate surface area is 92.7 Å². The molecule has 0 aliphatic carbocycles. The lowest BCUT2D eigenvalue weighted by atomic mass is 10.2. The number of aliphatic hydroxyl groups excluding tert-OH is 8. The topological polar surface area (TPSA) is 162 Å². The maximum absolute atomic E-state index is 8.47. The fourth-order valence-corrected chi connectivity index (χ4v) is 0.487. The standard InChI is InChI=1S/2C4H10O4/c2*5-1-3(7)4(8)2-6/h2*3-8H,1-2H2/t2*3-,4+. The molecule has 0 aromatic rings. The molecule has 0 heterocycles. The zero-order valence-electron chi connectivity index (χ0n) is 8.72. The highest BCUT2D eigenvalue weighted by Gasteiger charge is 2.12. The van der Waals surface area contributed by atoms with Gasteiger partial charge in [-0.3, -0.25) is 0 Å². The average Bonchev–Trinajstić information content (AvgIpc) is 2.35. The van der Waals surface area contributed by atoms with Gasteiger partial charge in [0.1, 0.15) is 24.4 Å². The Morgan fingerprint density at radius 2 is 0.562 bits per heavy atom. The highest BCUT2D eigenvalue weighted by atomic mass is 16.4. The molecule has 0 saturated carbocycles. The van der Waals surface area contributed by atoms with Crippen molar-refractivity contribution in [1.82, 2.24) is 0 Å². The molecular formula is C8H20O8. The molecule has 0 unspecified atom stereocenters. The van der Waals surface area contributed by atoms with E-state index in [0.717, 1.165) is 0 Å². The fraction of sp³-hybridized carbons (Fsp3) is 1.00. The van der Waals surface area contributed by atoms with Gasteiger partial charge in [-0.1, -0.05) is 0 Å². The number of aliphatic hydroxyl groups is 8. The van der Waals surface area contributed by atoms with Crippen molar-refractivity contribution < 1.29 is 40.9 Å². The van der Waals surface area contributed by atoms with Crippen LogP contribution < -0.4 is 0 Å². The van der Waals surface area contributed by atoms with E-state index in [1.807, 2.05) is 0 Å². The van der Waals surface area contributed by atoms with Gasteiger partial charge in [-0.15, -0.1) is 0 Å². The lowest BCUT2D eigenvalue weighted by molar-refractivity contribution is -0.0388. The Morgan fingerprint density at radius 1 is 0.438 bits per heavy atom. The number of hydrogen-bond acceptors (Lipinski definition) is 8. The lowest BCUT2D eigenvalue weighted by Gasteiger charge is -2.10. The average molecular weight is 244 g/mol. The summed E-state index contributed by atoms with van der Waals surface area (Å²) in [5.41, 5.74) is 0. The molecule has 8 N–H and O–H groups in total. The van der Waals surface area contributed by atoms with Gasteiger partial charge >= 0.3 is 0 Å². The molecule has 8 nitrogen and oxygen atoms in total. The number of rotatable bonds is 6. The minimum Gasteiger partial charge on any atom is -0.394 e. The maximum atomic E-state index is 8.47. The summed E-state index contributed by atoms with van der Waals surface area (Å²) in [5, 5.41) is 66.3. The summed E-state index contributed by atoms with van der Waals surface area (Å²) in [6, 6.07) is 0. The molecule has 0 amide bonds. The smallest absolute Gasteiger partial charge is 0.105 e. The summed E-state index contributed by atoms with van der Waals surface area (Å²) < 4.78 is 0. The second kappa shape index (κ2) is 11.2. The first-order chi connectivity index (χ1) is 7.44. The molecule has 0 radical (unpaired) electrons. The van der Waals surface area contributed by atoms with E-state index in [2.05, 4.69) is 0 Å². The second-order valence-electron chi connectivity index (χ2n) is 3.00. The Hall–Kier alpha value is -0.320. The van der Waals surface area contributed by atoms with Crippen LogP contribution in [0.1, 0.15) is 0 Å². The third-order valence-electron chi connectivity index (χ3n) is 1.64. The summed E-state index contributed by atoms with van der Waals surface area (Å²) in [6.45, 7) is -2.10. The summed E-state index contributed by atoms with van der Waals surface area (Å²) in [6.07, 6.45) is -4.89. The molecule has 16 heavy (non-hydrogen) atoms. The maximum Gasteiger partial charge on any atom is 0.105 e. The monoisotopic (exact) mass is 244 g/mol. The lowest BCUT2D eigenvalue weighted by Crippen LogP contribution is -2.31. The summed E-state index contributed by atoms with van der Waals surface area (Å²) in [4.78, 5) is 0. The minimum atomic E-state index is -1.22. The number of hydrogen-bond donors (Lipinski definition) is 8. The van der Waals surface area contributed by atoms with E-state index in [0.29, 0.717) is 0 Å². The summed E-state index contributed by atoms with van der Waals surface area (Å²) in [7, 11) is 0. The molecule has 4 atom stereocenters. The van der Waals surface area contributed by atoms with Crippen molar-refractivity contribution in [3.8, 4) is 0 Å². The van der Waals surface area contributed by atoms with Crippen molar-refractivity contribution in [1.29, 1.82) is 0 Å². The summed E-state index contributed by atoms with van der Waals surface area (Å²) in [5.74, 6) is 0. The second-order valence-corrected chi connectivity index (χ2v) is 3.00. The van der Waals surface area contributed by atoms with Crippen molar-refractivity contribution in [2.24, 2.45) is 0 Å². The molecule has 0 aliphatic rings. The molecule has 0 spiro atoms. The normalized spacial score (nSPS) is 18.0. The van der Waals surface area contributed by atoms with Gasteiger partial charge in [0.25, 0.3) is 0 Å². The molecule has 0 aromatic heterocycles. The van der Waals surface area contributed by atoms with Crippen molar-refractivity contribution in [3.63, 3.8) is 0 Å². The molecule has 0 aromatic carbocycles. The van der Waals surface area contributed by atoms with E-state index in [-0.39, 0.29) is 0 Å². The van der Waals surface area contributed by atoms with E-state index in [1.165, 1.54) is 0 Å². The first-order valence-electron chi connectivity index (χ1n) is 4.60. The van der Waals surface area contributed by atoms with Crippen LogP contribution in [0.5, 0.6) is 0 Å². The van der Waals surface area contributed by atoms with E-state index >= 15 is 0 Å². The van der Waals surface area contributed by atoms with Gasteiger partial charge < -0.3 is 40.9 Å². The van der Waals surface area contributed by atoms with Gasteiger partial charge in [0.2, 0.25) is 0 Å². The first kappa shape index (κ1) is 18.1. The Kier molecular flexibility index (Phi) is 12.6. The predicted molar refractivity (Wildman–Crippen MR) is 52.4 cm³/mol. The van der Waals surface area contributed by atoms with Crippen LogP contribution in [0.15, 0.2) is 0 Å². The molecular weight excluding hydrogens is 224 g/mol. The molecule has 0 fully saturated rings. The van der Waals surface area contributed by atoms with Gasteiger partial charge in [-0.05, 0) is 0 Å². The zero-order chi connectivity index (χ0) is 13.1. The predicted octanol–water partition coefficient (Wildman–Crippen LogP) is -4.61. The Balaban J connectivity index is 0. The van der Waals surface area contributed by atoms with E-state index < -0.39 is 50.8 Å². The largest absolute Gasteiger partial charge is 0.394 e. The quantitative estimate of drug-likeness (QED) is 0.231. The van der Waals surface area contributed by atoms with E-state index in [4.69, 9.17) is 40.9 Å². The van der Waals surface area contributed by atoms with E-state index in [1.54, 1.807) is 0 Å². The molecule has 0 bridgehead atoms. The zero-order valence-corrected chi connectivity index (χ0v) is 8.72. The molecule has 100 valence electrons. The van der Waals surface area contributed by atoms with Crippen LogP contribution in [0.2, 0.25) is 0 Å². The summed E-state index contributed by atoms with van der Waals surface area (Å²) >= 11 is 0. The molecule has 0 rings (SSSR count). The van der Waals surface area contributed by atoms with Crippen molar-refractivity contribution in [3.05, 3.63) is 0 Å². The van der Waals surface area contributed by atoms with Crippen LogP contribution >= 0.6 is 0 Å². The van der Waals surface area contributed by atoms with Crippen LogP contribution in [0, 0.1) is 0 Å². The third kappa shape index (κ3) is 8.95.